The largest absolute Gasteiger partial charge is 0.507 e. The Hall–Kier alpha value is -3.32. The van der Waals surface area contributed by atoms with Gasteiger partial charge in [-0.05, 0) is 57.0 Å². The number of nitrogens with zero attached hydrogens (tertiary/aromatic N) is 1. The number of ether oxygens (including phenoxy) is 3. The van der Waals surface area contributed by atoms with E-state index in [1.165, 1.54) is 4.90 Å². The zero-order valence-corrected chi connectivity index (χ0v) is 21.7. The minimum absolute atomic E-state index is 0.0498. The number of methoxy groups -OCH3 is 1. The summed E-state index contributed by atoms with van der Waals surface area (Å²) in [7, 11) is 1.59. The van der Waals surface area contributed by atoms with Gasteiger partial charge in [0.05, 0.1) is 24.3 Å². The molecular formula is C29H37NO6. The van der Waals surface area contributed by atoms with Crippen molar-refractivity contribution in [3.8, 4) is 11.5 Å². The Bertz CT molecular complexity index is 1060. The predicted octanol–water partition coefficient (Wildman–Crippen LogP) is 5.50. The first kappa shape index (κ1) is 27.3. The quantitative estimate of drug-likeness (QED) is 0.171. The van der Waals surface area contributed by atoms with Gasteiger partial charge in [0.2, 0.25) is 0 Å². The summed E-state index contributed by atoms with van der Waals surface area (Å²) in [5, 5.41) is 11.3. The van der Waals surface area contributed by atoms with Crippen molar-refractivity contribution >= 4 is 17.4 Å². The molecule has 1 saturated heterocycles. The Morgan fingerprint density at radius 3 is 2.39 bits per heavy atom. The van der Waals surface area contributed by atoms with Crippen LogP contribution in [0.2, 0.25) is 0 Å². The Labute approximate surface area is 213 Å². The van der Waals surface area contributed by atoms with Gasteiger partial charge in [-0.1, -0.05) is 38.0 Å². The number of hydrogen-bond acceptors (Lipinski definition) is 6. The van der Waals surface area contributed by atoms with Gasteiger partial charge in [0.25, 0.3) is 11.7 Å². The van der Waals surface area contributed by atoms with Gasteiger partial charge in [-0.3, -0.25) is 9.59 Å². The molecule has 0 saturated carbocycles. The van der Waals surface area contributed by atoms with E-state index in [4.69, 9.17) is 14.2 Å². The lowest BCUT2D eigenvalue weighted by molar-refractivity contribution is -0.140. The second-order valence-electron chi connectivity index (χ2n) is 9.12. The maximum absolute atomic E-state index is 13.2. The molecule has 7 nitrogen and oxygen atoms in total. The van der Waals surface area contributed by atoms with Crippen LogP contribution in [-0.4, -0.2) is 54.7 Å². The number of hydrogen-bond donors (Lipinski definition) is 1. The molecule has 7 heteroatoms. The fraction of sp³-hybridized carbons (Fsp3) is 0.448. The van der Waals surface area contributed by atoms with Gasteiger partial charge in [-0.2, -0.15) is 0 Å². The summed E-state index contributed by atoms with van der Waals surface area (Å²) in [6, 6.07) is 13.5. The Kier molecular flexibility index (Phi) is 9.94. The van der Waals surface area contributed by atoms with Gasteiger partial charge in [-0.15, -0.1) is 0 Å². The van der Waals surface area contributed by atoms with Gasteiger partial charge in [0.15, 0.2) is 0 Å². The molecule has 1 heterocycles. The molecule has 0 spiro atoms. The molecule has 36 heavy (non-hydrogen) atoms. The van der Waals surface area contributed by atoms with Gasteiger partial charge < -0.3 is 24.2 Å². The SMILES string of the molecule is CCCCCOc1ccc(/C(O)=C2/C(=O)C(=O)N(CCCOC)C2c2ccccc2OC(C)C)cc1. The highest BCUT2D eigenvalue weighted by molar-refractivity contribution is 6.46. The molecule has 3 rings (SSSR count). The number of rotatable bonds is 13. The van der Waals surface area contributed by atoms with Gasteiger partial charge in [-0.25, -0.2) is 0 Å². The van der Waals surface area contributed by atoms with Crippen molar-refractivity contribution in [2.75, 3.05) is 26.9 Å². The topological polar surface area (TPSA) is 85.3 Å². The number of benzene rings is 2. The van der Waals surface area contributed by atoms with Crippen LogP contribution < -0.4 is 9.47 Å². The monoisotopic (exact) mass is 495 g/mol. The number of unbranched alkanes of at least 4 members (excludes halogenated alkanes) is 2. The highest BCUT2D eigenvalue weighted by atomic mass is 16.5. The van der Waals surface area contributed by atoms with E-state index in [1.807, 2.05) is 38.1 Å². The van der Waals surface area contributed by atoms with E-state index >= 15 is 0 Å². The summed E-state index contributed by atoms with van der Waals surface area (Å²) < 4.78 is 16.9. The van der Waals surface area contributed by atoms with Crippen LogP contribution in [-0.2, 0) is 14.3 Å². The van der Waals surface area contributed by atoms with Crippen LogP contribution in [0, 0.1) is 0 Å². The summed E-state index contributed by atoms with van der Waals surface area (Å²) in [5.74, 6) is -0.320. The summed E-state index contributed by atoms with van der Waals surface area (Å²) in [4.78, 5) is 27.9. The lowest BCUT2D eigenvalue weighted by Gasteiger charge is -2.27. The van der Waals surface area contributed by atoms with Crippen LogP contribution in [0.4, 0.5) is 0 Å². The Balaban J connectivity index is 2.01. The molecule has 1 amide bonds. The number of carbonyl (C=O) groups is 2. The summed E-state index contributed by atoms with van der Waals surface area (Å²) in [6.07, 6.45) is 3.64. The third-order valence-corrected chi connectivity index (χ3v) is 6.01. The number of likely N-dealkylation sites (tertiary alicyclic amines) is 1. The number of aliphatic hydroxyl groups is 1. The van der Waals surface area contributed by atoms with E-state index in [2.05, 4.69) is 6.92 Å². The standard InChI is InChI=1S/C29H37NO6/c1-5-6-9-19-35-22-15-13-21(14-16-22)27(31)25-26(23-11-7-8-12-24(23)36-20(2)3)30(17-10-18-34-4)29(33)28(25)32/h7-8,11-16,20,26,31H,5-6,9-10,17-19H2,1-4H3/b27-25-. The van der Waals surface area contributed by atoms with Crippen molar-refractivity contribution in [1.82, 2.24) is 4.90 Å². The van der Waals surface area contributed by atoms with Crippen molar-refractivity contribution < 1.29 is 28.9 Å². The molecule has 2 aromatic rings. The van der Waals surface area contributed by atoms with E-state index in [0.29, 0.717) is 48.8 Å². The lowest BCUT2D eigenvalue weighted by Crippen LogP contribution is -2.31. The average Bonchev–Trinajstić information content (AvgIpc) is 3.11. The summed E-state index contributed by atoms with van der Waals surface area (Å²) in [5.41, 5.74) is 1.15. The maximum Gasteiger partial charge on any atom is 0.295 e. The predicted molar refractivity (Wildman–Crippen MR) is 139 cm³/mol. The van der Waals surface area contributed by atoms with E-state index < -0.39 is 17.7 Å². The second kappa shape index (κ2) is 13.1. The number of para-hydroxylation sites is 1. The number of amides is 1. The highest BCUT2D eigenvalue weighted by Crippen LogP contribution is 2.43. The molecule has 0 bridgehead atoms. The van der Waals surface area contributed by atoms with Gasteiger partial charge in [0.1, 0.15) is 17.3 Å². The number of aliphatic hydroxyl groups excluding tert-OH is 1. The average molecular weight is 496 g/mol. The first-order chi connectivity index (χ1) is 17.4. The molecule has 1 atom stereocenters. The third-order valence-electron chi connectivity index (χ3n) is 6.01. The van der Waals surface area contributed by atoms with Crippen LogP contribution in [0.3, 0.4) is 0 Å². The normalized spacial score (nSPS) is 17.1. The minimum atomic E-state index is -0.776. The number of Topliss-reactive ketones (excluding diaryl/α,β-unsaturated/α-hetero) is 1. The molecule has 194 valence electrons. The van der Waals surface area contributed by atoms with E-state index in [1.54, 1.807) is 31.4 Å². The number of ketones is 1. The van der Waals surface area contributed by atoms with Crippen LogP contribution in [0.1, 0.15) is 63.6 Å². The lowest BCUT2D eigenvalue weighted by atomic mass is 9.94. The van der Waals surface area contributed by atoms with Crippen molar-refractivity contribution in [1.29, 1.82) is 0 Å². The molecule has 0 aliphatic carbocycles. The molecule has 0 aromatic heterocycles. The van der Waals surface area contributed by atoms with Crippen LogP contribution >= 0.6 is 0 Å². The minimum Gasteiger partial charge on any atom is -0.507 e. The molecule has 0 radical (unpaired) electrons. The van der Waals surface area contributed by atoms with E-state index in [9.17, 15) is 14.7 Å². The zero-order valence-electron chi connectivity index (χ0n) is 21.7. The first-order valence-electron chi connectivity index (χ1n) is 12.6. The van der Waals surface area contributed by atoms with Crippen molar-refractivity contribution in [3.63, 3.8) is 0 Å². The van der Waals surface area contributed by atoms with E-state index in [0.717, 1.165) is 19.3 Å². The van der Waals surface area contributed by atoms with Crippen molar-refractivity contribution in [2.24, 2.45) is 0 Å². The van der Waals surface area contributed by atoms with Crippen molar-refractivity contribution in [3.05, 3.63) is 65.2 Å². The molecule has 1 unspecified atom stereocenters. The molecule has 1 aliphatic heterocycles. The molecular weight excluding hydrogens is 458 g/mol. The highest BCUT2D eigenvalue weighted by Gasteiger charge is 2.46. The Morgan fingerprint density at radius 2 is 1.72 bits per heavy atom. The first-order valence-corrected chi connectivity index (χ1v) is 12.6. The summed E-state index contributed by atoms with van der Waals surface area (Å²) >= 11 is 0. The van der Waals surface area contributed by atoms with Crippen LogP contribution in [0.5, 0.6) is 11.5 Å². The van der Waals surface area contributed by atoms with Gasteiger partial charge in [0, 0.05) is 31.4 Å². The maximum atomic E-state index is 13.2. The van der Waals surface area contributed by atoms with Gasteiger partial charge >= 0.3 is 0 Å². The molecule has 1 fully saturated rings. The van der Waals surface area contributed by atoms with Crippen LogP contribution in [0.15, 0.2) is 54.1 Å². The Morgan fingerprint density at radius 1 is 1.00 bits per heavy atom. The second-order valence-corrected chi connectivity index (χ2v) is 9.12. The summed E-state index contributed by atoms with van der Waals surface area (Å²) in [6.45, 7) is 7.34. The molecule has 1 N–H and O–H groups in total. The van der Waals surface area contributed by atoms with Crippen molar-refractivity contribution in [2.45, 2.75) is 58.6 Å². The molecule has 1 aliphatic rings. The number of carbonyl (C=O) groups excluding carboxylic acids is 2. The zero-order chi connectivity index (χ0) is 26.1. The molecule has 2 aromatic carbocycles. The third kappa shape index (κ3) is 6.46. The smallest absolute Gasteiger partial charge is 0.295 e. The fourth-order valence-electron chi connectivity index (χ4n) is 4.29. The van der Waals surface area contributed by atoms with Crippen LogP contribution in [0.25, 0.3) is 5.76 Å². The fourth-order valence-corrected chi connectivity index (χ4v) is 4.29. The van der Waals surface area contributed by atoms with E-state index in [-0.39, 0.29) is 17.4 Å².